The second-order valence-corrected chi connectivity index (χ2v) is 5.93. The summed E-state index contributed by atoms with van der Waals surface area (Å²) in [6.45, 7) is 0. The molecule has 0 aromatic heterocycles. The number of benzene rings is 2. The van der Waals surface area contributed by atoms with E-state index in [9.17, 15) is 0 Å². The number of alkyl halides is 1. The lowest BCUT2D eigenvalue weighted by molar-refractivity contribution is 0.695. The van der Waals surface area contributed by atoms with Crippen LogP contribution < -0.4 is 0 Å². The first kappa shape index (κ1) is 12.4. The summed E-state index contributed by atoms with van der Waals surface area (Å²) in [5, 5.41) is 0. The zero-order valence-corrected chi connectivity index (χ0v) is 12.8. The highest BCUT2D eigenvalue weighted by Crippen LogP contribution is 2.40. The highest BCUT2D eigenvalue weighted by atomic mass is 35.5. The molecule has 0 spiro atoms. The fraction of sp³-hybridized carbons (Fsp3) is 0.200. The molecular weight excluding hydrogens is 244 g/mol. The van der Waals surface area contributed by atoms with Crippen molar-refractivity contribution >= 4 is 21.8 Å². The van der Waals surface area contributed by atoms with Crippen LogP contribution in [0.3, 0.4) is 0 Å². The van der Waals surface area contributed by atoms with Gasteiger partial charge in [0, 0.05) is 10.2 Å². The van der Waals surface area contributed by atoms with Gasteiger partial charge in [-0.05, 0) is 17.5 Å². The minimum absolute atomic E-state index is 0.357. The number of halogens is 1. The van der Waals surface area contributed by atoms with E-state index in [2.05, 4.69) is 48.5 Å². The summed E-state index contributed by atoms with van der Waals surface area (Å²) in [7, 11) is 1.19. The maximum absolute atomic E-state index is 6.91. The molecule has 0 aliphatic heterocycles. The lowest BCUT2D eigenvalue weighted by atomic mass is 9.88. The molecular formula is C15H17ClSi. The quantitative estimate of drug-likeness (QED) is 0.584. The Morgan fingerprint density at radius 1 is 0.824 bits per heavy atom. The molecule has 0 aliphatic carbocycles. The molecule has 0 fully saturated rings. The maximum Gasteiger partial charge on any atom is 0.0941 e. The van der Waals surface area contributed by atoms with E-state index >= 15 is 0 Å². The minimum Gasteiger partial charge on any atom is -0.109 e. The number of rotatable bonds is 4. The summed E-state index contributed by atoms with van der Waals surface area (Å²) < 4.78 is 0. The van der Waals surface area contributed by atoms with Crippen molar-refractivity contribution < 1.29 is 0 Å². The molecule has 0 unspecified atom stereocenters. The summed E-state index contributed by atoms with van der Waals surface area (Å²) in [6, 6.07) is 22.0. The van der Waals surface area contributed by atoms with Crippen LogP contribution in [0.5, 0.6) is 0 Å². The van der Waals surface area contributed by atoms with Gasteiger partial charge in [0.15, 0.2) is 0 Å². The predicted molar refractivity (Wildman–Crippen MR) is 78.9 cm³/mol. The predicted octanol–water partition coefficient (Wildman–Crippen LogP) is 3.34. The van der Waals surface area contributed by atoms with Gasteiger partial charge in [0.05, 0.1) is 4.87 Å². The average Bonchev–Trinajstić information content (AvgIpc) is 2.41. The normalized spacial score (nSPS) is 11.6. The Morgan fingerprint density at radius 2 is 1.24 bits per heavy atom. The molecule has 2 aromatic rings. The largest absolute Gasteiger partial charge is 0.109 e. The van der Waals surface area contributed by atoms with E-state index < -0.39 is 0 Å². The van der Waals surface area contributed by atoms with Crippen molar-refractivity contribution in [2.45, 2.75) is 17.3 Å². The summed E-state index contributed by atoms with van der Waals surface area (Å²) in [6.07, 6.45) is 1.01. The third kappa shape index (κ3) is 2.62. The van der Waals surface area contributed by atoms with Crippen LogP contribution in [-0.4, -0.2) is 10.2 Å². The summed E-state index contributed by atoms with van der Waals surface area (Å²) in [4.78, 5) is -0.357. The first-order chi connectivity index (χ1) is 8.27. The molecule has 2 heteroatoms. The van der Waals surface area contributed by atoms with Gasteiger partial charge in [-0.1, -0.05) is 66.7 Å². The van der Waals surface area contributed by atoms with E-state index in [-0.39, 0.29) is 4.87 Å². The van der Waals surface area contributed by atoms with E-state index in [1.165, 1.54) is 27.4 Å². The van der Waals surface area contributed by atoms with Crippen molar-refractivity contribution in [2.24, 2.45) is 0 Å². The molecule has 0 amide bonds. The van der Waals surface area contributed by atoms with E-state index in [1.54, 1.807) is 0 Å². The zero-order chi connectivity index (χ0) is 12.1. The average molecular weight is 261 g/mol. The molecule has 88 valence electrons. The Morgan fingerprint density at radius 3 is 1.59 bits per heavy atom. The minimum atomic E-state index is -0.357. The third-order valence-electron chi connectivity index (χ3n) is 3.06. The Balaban J connectivity index is 2.47. The maximum atomic E-state index is 6.91. The molecule has 0 saturated heterocycles. The van der Waals surface area contributed by atoms with Crippen LogP contribution in [-0.2, 0) is 4.87 Å². The van der Waals surface area contributed by atoms with Crippen LogP contribution in [0.1, 0.15) is 17.5 Å². The standard InChI is InChI=1S/C15H17ClSi/c16-15(11-12-17,13-7-3-1-4-8-13)14-9-5-2-6-10-14/h1-10H,11-12H2,17H3. The van der Waals surface area contributed by atoms with Crippen LogP contribution in [0.4, 0.5) is 0 Å². The molecule has 2 aromatic carbocycles. The van der Waals surface area contributed by atoms with E-state index in [0.717, 1.165) is 6.42 Å². The van der Waals surface area contributed by atoms with Gasteiger partial charge >= 0.3 is 0 Å². The van der Waals surface area contributed by atoms with Gasteiger partial charge in [0.1, 0.15) is 0 Å². The molecule has 0 radical (unpaired) electrons. The van der Waals surface area contributed by atoms with Gasteiger partial charge in [-0.15, -0.1) is 11.6 Å². The van der Waals surface area contributed by atoms with Crippen LogP contribution >= 0.6 is 11.6 Å². The monoisotopic (exact) mass is 260 g/mol. The topological polar surface area (TPSA) is 0 Å². The molecule has 0 atom stereocenters. The van der Waals surface area contributed by atoms with Gasteiger partial charge in [-0.3, -0.25) is 0 Å². The molecule has 17 heavy (non-hydrogen) atoms. The van der Waals surface area contributed by atoms with Crippen molar-refractivity contribution in [3.63, 3.8) is 0 Å². The van der Waals surface area contributed by atoms with Crippen LogP contribution in [0, 0.1) is 0 Å². The van der Waals surface area contributed by atoms with Crippen molar-refractivity contribution in [2.75, 3.05) is 0 Å². The first-order valence-corrected chi connectivity index (χ1v) is 7.86. The highest BCUT2D eigenvalue weighted by Gasteiger charge is 2.30. The van der Waals surface area contributed by atoms with Crippen molar-refractivity contribution in [1.29, 1.82) is 0 Å². The Kier molecular flexibility index (Phi) is 4.03. The smallest absolute Gasteiger partial charge is 0.0941 e. The van der Waals surface area contributed by atoms with Crippen molar-refractivity contribution in [1.82, 2.24) is 0 Å². The molecule has 0 saturated carbocycles. The second kappa shape index (κ2) is 5.52. The molecule has 2 rings (SSSR count). The number of hydrogen-bond donors (Lipinski definition) is 0. The third-order valence-corrected chi connectivity index (χ3v) is 4.18. The molecule has 0 N–H and O–H groups in total. The van der Waals surface area contributed by atoms with Crippen molar-refractivity contribution in [3.05, 3.63) is 71.8 Å². The van der Waals surface area contributed by atoms with Crippen LogP contribution in [0.25, 0.3) is 0 Å². The van der Waals surface area contributed by atoms with Gasteiger partial charge < -0.3 is 0 Å². The molecule has 0 aliphatic rings. The lowest BCUT2D eigenvalue weighted by Gasteiger charge is -2.28. The Hall–Kier alpha value is -1.05. The van der Waals surface area contributed by atoms with E-state index in [0.29, 0.717) is 0 Å². The summed E-state index contributed by atoms with van der Waals surface area (Å²) >= 11 is 6.91. The van der Waals surface area contributed by atoms with Gasteiger partial charge in [-0.2, -0.15) is 0 Å². The van der Waals surface area contributed by atoms with Gasteiger partial charge in [0.2, 0.25) is 0 Å². The first-order valence-electron chi connectivity index (χ1n) is 6.07. The second-order valence-electron chi connectivity index (χ2n) is 4.28. The lowest BCUT2D eigenvalue weighted by Crippen LogP contribution is -2.20. The van der Waals surface area contributed by atoms with Crippen LogP contribution in [0.2, 0.25) is 6.04 Å². The van der Waals surface area contributed by atoms with Gasteiger partial charge in [0.25, 0.3) is 0 Å². The number of hydrogen-bond acceptors (Lipinski definition) is 0. The molecule has 0 nitrogen and oxygen atoms in total. The Bertz CT molecular complexity index is 413. The van der Waals surface area contributed by atoms with Crippen molar-refractivity contribution in [3.8, 4) is 0 Å². The van der Waals surface area contributed by atoms with E-state index in [4.69, 9.17) is 11.6 Å². The zero-order valence-electron chi connectivity index (χ0n) is 10.1. The van der Waals surface area contributed by atoms with Gasteiger partial charge in [-0.25, -0.2) is 0 Å². The fourth-order valence-electron chi connectivity index (χ4n) is 2.20. The molecule has 0 heterocycles. The van der Waals surface area contributed by atoms with Crippen LogP contribution in [0.15, 0.2) is 60.7 Å². The fourth-order valence-corrected chi connectivity index (χ4v) is 3.71. The molecule has 0 bridgehead atoms. The van der Waals surface area contributed by atoms with E-state index in [1.807, 2.05) is 12.1 Å². The summed E-state index contributed by atoms with van der Waals surface area (Å²) in [5.74, 6) is 0. The summed E-state index contributed by atoms with van der Waals surface area (Å²) in [5.41, 5.74) is 2.40. The Labute approximate surface area is 111 Å². The SMILES string of the molecule is [SiH3]CCC(Cl)(c1ccccc1)c1ccccc1. The highest BCUT2D eigenvalue weighted by molar-refractivity contribution is 6.26.